The summed E-state index contributed by atoms with van der Waals surface area (Å²) in [4.78, 5) is 4.81. The predicted octanol–water partition coefficient (Wildman–Crippen LogP) is 11.4. The van der Waals surface area contributed by atoms with E-state index in [1.165, 1.54) is 10.9 Å². The molecule has 0 bridgehead atoms. The highest BCUT2D eigenvalue weighted by Gasteiger charge is 2.16. The van der Waals surface area contributed by atoms with E-state index in [0.717, 1.165) is 79.6 Å². The first-order chi connectivity index (χ1) is 24.4. The fraction of sp³-hybridized carbons (Fsp3) is 0.136. The molecule has 0 N–H and O–H groups in total. The highest BCUT2D eigenvalue weighted by atomic mass is 16.5. The third-order valence-corrected chi connectivity index (χ3v) is 9.00. The third-order valence-electron chi connectivity index (χ3n) is 9.00. The minimum atomic E-state index is 0.563. The molecular weight excluding hydrogens is 617 g/mol. The van der Waals surface area contributed by atoms with Crippen molar-refractivity contribution in [1.82, 2.24) is 19.3 Å². The quantitative estimate of drug-likeness (QED) is 0.155. The van der Waals surface area contributed by atoms with Crippen LogP contribution in [0.5, 0.6) is 23.0 Å². The van der Waals surface area contributed by atoms with Crippen molar-refractivity contribution in [3.05, 3.63) is 157 Å². The lowest BCUT2D eigenvalue weighted by Crippen LogP contribution is -2.01. The molecule has 0 amide bonds. The molecule has 3 heterocycles. The van der Waals surface area contributed by atoms with Crippen molar-refractivity contribution in [2.75, 3.05) is 0 Å². The lowest BCUT2D eigenvalue weighted by atomic mass is 9.98. The fourth-order valence-electron chi connectivity index (χ4n) is 6.92. The largest absolute Gasteiger partial charge is 0.457 e. The highest BCUT2D eigenvalue weighted by Crippen LogP contribution is 2.36. The van der Waals surface area contributed by atoms with E-state index in [2.05, 4.69) is 99.1 Å². The van der Waals surface area contributed by atoms with Gasteiger partial charge in [0.1, 0.15) is 28.8 Å². The van der Waals surface area contributed by atoms with Crippen LogP contribution in [0.4, 0.5) is 0 Å². The Balaban J connectivity index is 1.09. The number of rotatable bonds is 9. The number of fused-ring (bicyclic) bond motifs is 3. The van der Waals surface area contributed by atoms with E-state index in [-0.39, 0.29) is 0 Å². The molecule has 0 saturated heterocycles. The van der Waals surface area contributed by atoms with Gasteiger partial charge in [0, 0.05) is 40.9 Å². The molecular formula is C44H38N4O2. The van der Waals surface area contributed by atoms with Gasteiger partial charge in [-0.3, -0.25) is 4.57 Å². The molecule has 0 atom stereocenters. The Bertz CT molecular complexity index is 2450. The van der Waals surface area contributed by atoms with Gasteiger partial charge in [-0.1, -0.05) is 56.3 Å². The van der Waals surface area contributed by atoms with E-state index in [9.17, 15) is 0 Å². The number of ether oxygens (including phenoxy) is 2. The Kier molecular flexibility index (Phi) is 8.13. The van der Waals surface area contributed by atoms with Gasteiger partial charge in [-0.15, -0.1) is 0 Å². The van der Waals surface area contributed by atoms with Crippen molar-refractivity contribution in [2.24, 2.45) is 5.92 Å². The molecule has 8 aromatic rings. The standard InChI is InChI=1S/C44H38N4O2/c1-29(2)21-32-19-20-45-43(24-32)48-41-16-9-8-15-39(41)40-18-17-37(26-42(40)48)50-36-14-10-11-34(25-36)47-28-33(27-46-47)44-30(3)22-38(23-31(44)4)49-35-12-6-5-7-13-35/h5-20,22-29H,21H2,1-4H3. The minimum absolute atomic E-state index is 0.563. The second-order valence-corrected chi connectivity index (χ2v) is 13.3. The van der Waals surface area contributed by atoms with Crippen LogP contribution in [0.1, 0.15) is 30.5 Å². The average Bonchev–Trinajstić information content (AvgIpc) is 3.72. The second-order valence-electron chi connectivity index (χ2n) is 13.3. The Labute approximate surface area is 292 Å². The third kappa shape index (κ3) is 6.12. The van der Waals surface area contributed by atoms with E-state index >= 15 is 0 Å². The van der Waals surface area contributed by atoms with Crippen LogP contribution >= 0.6 is 0 Å². The van der Waals surface area contributed by atoms with E-state index < -0.39 is 0 Å². The molecule has 0 aliphatic heterocycles. The Morgan fingerprint density at radius 1 is 0.640 bits per heavy atom. The topological polar surface area (TPSA) is 54.1 Å². The molecule has 50 heavy (non-hydrogen) atoms. The summed E-state index contributed by atoms with van der Waals surface area (Å²) in [5.41, 5.74) is 8.81. The lowest BCUT2D eigenvalue weighted by molar-refractivity contribution is 0.482. The zero-order valence-corrected chi connectivity index (χ0v) is 28.7. The van der Waals surface area contributed by atoms with Crippen molar-refractivity contribution < 1.29 is 9.47 Å². The molecule has 8 rings (SSSR count). The maximum Gasteiger partial charge on any atom is 0.137 e. The SMILES string of the molecule is Cc1cc(Oc2ccccc2)cc(C)c1-c1cnn(-c2cccc(Oc3ccc4c5ccccc5n(-c5cc(CC(C)C)ccn5)c4c3)c2)c1. The van der Waals surface area contributed by atoms with Crippen LogP contribution in [0.25, 0.3) is 44.4 Å². The zero-order valence-electron chi connectivity index (χ0n) is 28.7. The van der Waals surface area contributed by atoms with Crippen molar-refractivity contribution >= 4 is 21.8 Å². The summed E-state index contributed by atoms with van der Waals surface area (Å²) in [6.07, 6.45) is 6.90. The molecule has 3 aromatic heterocycles. The number of benzene rings is 5. The van der Waals surface area contributed by atoms with Gasteiger partial charge in [0.2, 0.25) is 0 Å². The van der Waals surface area contributed by atoms with E-state index in [4.69, 9.17) is 19.6 Å². The van der Waals surface area contributed by atoms with Gasteiger partial charge < -0.3 is 9.47 Å². The fourth-order valence-corrected chi connectivity index (χ4v) is 6.92. The number of para-hydroxylation sites is 2. The Hall–Kier alpha value is -6.14. The van der Waals surface area contributed by atoms with Crippen LogP contribution in [-0.4, -0.2) is 19.3 Å². The maximum absolute atomic E-state index is 6.51. The average molecular weight is 655 g/mol. The van der Waals surface area contributed by atoms with Gasteiger partial charge in [0.15, 0.2) is 0 Å². The van der Waals surface area contributed by atoms with Gasteiger partial charge in [0.05, 0.1) is 22.9 Å². The number of aromatic nitrogens is 4. The molecule has 246 valence electrons. The lowest BCUT2D eigenvalue weighted by Gasteiger charge is -2.12. The summed E-state index contributed by atoms with van der Waals surface area (Å²) in [7, 11) is 0. The molecule has 0 radical (unpaired) electrons. The van der Waals surface area contributed by atoms with Gasteiger partial charge in [-0.05, 0) is 115 Å². The Morgan fingerprint density at radius 2 is 1.36 bits per heavy atom. The maximum atomic E-state index is 6.51. The predicted molar refractivity (Wildman–Crippen MR) is 202 cm³/mol. The number of aryl methyl sites for hydroxylation is 2. The minimum Gasteiger partial charge on any atom is -0.457 e. The van der Waals surface area contributed by atoms with Crippen molar-refractivity contribution in [1.29, 1.82) is 0 Å². The van der Waals surface area contributed by atoms with Crippen molar-refractivity contribution in [2.45, 2.75) is 34.1 Å². The van der Waals surface area contributed by atoms with Crippen LogP contribution < -0.4 is 9.47 Å². The summed E-state index contributed by atoms with van der Waals surface area (Å²) in [6.45, 7) is 8.71. The molecule has 0 saturated carbocycles. The van der Waals surface area contributed by atoms with Gasteiger partial charge in [-0.25, -0.2) is 9.67 Å². The first-order valence-corrected chi connectivity index (χ1v) is 17.1. The van der Waals surface area contributed by atoms with Gasteiger partial charge >= 0.3 is 0 Å². The second kappa shape index (κ2) is 13.1. The van der Waals surface area contributed by atoms with Crippen LogP contribution in [0.3, 0.4) is 0 Å². The molecule has 0 unspecified atom stereocenters. The van der Waals surface area contributed by atoms with Crippen LogP contribution in [-0.2, 0) is 6.42 Å². The summed E-state index contributed by atoms with van der Waals surface area (Å²) >= 11 is 0. The molecule has 6 nitrogen and oxygen atoms in total. The van der Waals surface area contributed by atoms with E-state index in [1.807, 2.05) is 77.7 Å². The molecule has 0 aliphatic carbocycles. The molecule has 6 heteroatoms. The Morgan fingerprint density at radius 3 is 2.18 bits per heavy atom. The summed E-state index contributed by atoms with van der Waals surface area (Å²) < 4.78 is 16.8. The smallest absolute Gasteiger partial charge is 0.137 e. The van der Waals surface area contributed by atoms with Crippen LogP contribution in [0.2, 0.25) is 0 Å². The molecule has 5 aromatic carbocycles. The van der Waals surface area contributed by atoms with Gasteiger partial charge in [-0.2, -0.15) is 5.10 Å². The zero-order chi connectivity index (χ0) is 34.2. The first-order valence-electron chi connectivity index (χ1n) is 17.1. The number of hydrogen-bond acceptors (Lipinski definition) is 4. The monoisotopic (exact) mass is 654 g/mol. The summed E-state index contributed by atoms with van der Waals surface area (Å²) in [5, 5.41) is 7.08. The van der Waals surface area contributed by atoms with Gasteiger partial charge in [0.25, 0.3) is 0 Å². The number of nitrogens with zero attached hydrogens (tertiary/aromatic N) is 4. The molecule has 0 fully saturated rings. The molecule has 0 aliphatic rings. The normalized spacial score (nSPS) is 11.5. The van der Waals surface area contributed by atoms with Crippen LogP contribution in [0.15, 0.2) is 140 Å². The van der Waals surface area contributed by atoms with Crippen molar-refractivity contribution in [3.63, 3.8) is 0 Å². The highest BCUT2D eigenvalue weighted by molar-refractivity contribution is 6.09. The summed E-state index contributed by atoms with van der Waals surface area (Å²) in [5.74, 6) is 4.59. The van der Waals surface area contributed by atoms with E-state index in [0.29, 0.717) is 5.92 Å². The summed E-state index contributed by atoms with van der Waals surface area (Å²) in [6, 6.07) is 41.2. The number of hydrogen-bond donors (Lipinski definition) is 0. The first kappa shape index (κ1) is 31.1. The van der Waals surface area contributed by atoms with Crippen molar-refractivity contribution in [3.8, 4) is 45.6 Å². The van der Waals surface area contributed by atoms with Crippen LogP contribution in [0, 0.1) is 19.8 Å². The molecule has 0 spiro atoms. The number of pyridine rings is 1. The van der Waals surface area contributed by atoms with E-state index in [1.54, 1.807) is 0 Å².